The fourth-order valence-corrected chi connectivity index (χ4v) is 2.58. The van der Waals surface area contributed by atoms with Crippen LogP contribution in [0.1, 0.15) is 58.3 Å². The molecule has 0 aliphatic carbocycles. The highest BCUT2D eigenvalue weighted by Gasteiger charge is 2.34. The van der Waals surface area contributed by atoms with E-state index in [1.807, 2.05) is 0 Å². The maximum absolute atomic E-state index is 12.2. The van der Waals surface area contributed by atoms with Gasteiger partial charge in [0.1, 0.15) is 6.04 Å². The maximum atomic E-state index is 12.2. The van der Waals surface area contributed by atoms with E-state index in [0.29, 0.717) is 19.5 Å². The molecule has 1 rings (SSSR count). The molecule has 1 atom stereocenters. The minimum absolute atomic E-state index is 0.105. The summed E-state index contributed by atoms with van der Waals surface area (Å²) >= 11 is 0. The summed E-state index contributed by atoms with van der Waals surface area (Å²) in [6.07, 6.45) is 6.62. The van der Waals surface area contributed by atoms with Crippen LogP contribution in [0.25, 0.3) is 0 Å². The van der Waals surface area contributed by atoms with Gasteiger partial charge in [0.25, 0.3) is 0 Å². The number of hydrogen-bond donors (Lipinski definition) is 2. The molecule has 0 saturated carbocycles. The number of carbonyl (C=O) groups is 3. The first kappa shape index (κ1) is 17.5. The Morgan fingerprint density at radius 3 is 2.57 bits per heavy atom. The van der Waals surface area contributed by atoms with Crippen molar-refractivity contribution < 1.29 is 19.5 Å². The normalized spacial score (nSPS) is 18.4. The summed E-state index contributed by atoms with van der Waals surface area (Å²) < 4.78 is 0. The van der Waals surface area contributed by atoms with Crippen LogP contribution in [0, 0.1) is 0 Å². The van der Waals surface area contributed by atoms with E-state index in [2.05, 4.69) is 12.2 Å². The van der Waals surface area contributed by atoms with Crippen LogP contribution in [0.2, 0.25) is 0 Å². The minimum atomic E-state index is -1.06. The van der Waals surface area contributed by atoms with Gasteiger partial charge in [-0.3, -0.25) is 14.4 Å². The van der Waals surface area contributed by atoms with Crippen LogP contribution >= 0.6 is 0 Å². The van der Waals surface area contributed by atoms with Crippen molar-refractivity contribution >= 4 is 17.8 Å². The number of carboxylic acid groups (broad SMARTS) is 1. The Hall–Kier alpha value is -1.59. The predicted molar refractivity (Wildman–Crippen MR) is 78.8 cm³/mol. The first-order valence-corrected chi connectivity index (χ1v) is 7.85. The van der Waals surface area contributed by atoms with Gasteiger partial charge in [0.15, 0.2) is 0 Å². The minimum Gasteiger partial charge on any atom is -0.481 e. The average Bonchev–Trinajstić information content (AvgIpc) is 2.44. The zero-order valence-corrected chi connectivity index (χ0v) is 12.8. The van der Waals surface area contributed by atoms with E-state index in [0.717, 1.165) is 19.3 Å². The molecule has 1 aliphatic rings. The largest absolute Gasteiger partial charge is 0.481 e. The molecule has 0 spiro atoms. The van der Waals surface area contributed by atoms with E-state index in [1.54, 1.807) is 0 Å². The van der Waals surface area contributed by atoms with Gasteiger partial charge in [0, 0.05) is 19.5 Å². The molecule has 21 heavy (non-hydrogen) atoms. The lowest BCUT2D eigenvalue weighted by Crippen LogP contribution is -2.57. The van der Waals surface area contributed by atoms with E-state index in [1.165, 1.54) is 24.2 Å². The fraction of sp³-hybridized carbons (Fsp3) is 0.800. The molecule has 1 aliphatic heterocycles. The van der Waals surface area contributed by atoms with Crippen molar-refractivity contribution in [2.75, 3.05) is 13.1 Å². The number of carbonyl (C=O) groups excluding carboxylic acids is 2. The van der Waals surface area contributed by atoms with Crippen molar-refractivity contribution in [2.45, 2.75) is 64.3 Å². The van der Waals surface area contributed by atoms with Gasteiger partial charge in [-0.2, -0.15) is 0 Å². The standard InChI is InChI=1S/C15H26N2O4/c1-2-3-4-5-6-7-8-13(18)17-10-9-16-15(21)12(17)11-14(19)20/h12H,2-11H2,1H3,(H,16,21)(H,19,20). The third kappa shape index (κ3) is 6.14. The maximum Gasteiger partial charge on any atom is 0.305 e. The molecular formula is C15H26N2O4. The Labute approximate surface area is 125 Å². The first-order valence-electron chi connectivity index (χ1n) is 7.85. The number of rotatable bonds is 9. The second-order valence-electron chi connectivity index (χ2n) is 5.51. The monoisotopic (exact) mass is 298 g/mol. The number of piperazine rings is 1. The van der Waals surface area contributed by atoms with Crippen LogP contribution < -0.4 is 5.32 Å². The van der Waals surface area contributed by atoms with Crippen molar-refractivity contribution in [3.63, 3.8) is 0 Å². The molecule has 1 saturated heterocycles. The fourth-order valence-electron chi connectivity index (χ4n) is 2.58. The van der Waals surface area contributed by atoms with Crippen LogP contribution in [0.5, 0.6) is 0 Å². The van der Waals surface area contributed by atoms with Crippen molar-refractivity contribution in [1.29, 1.82) is 0 Å². The topological polar surface area (TPSA) is 86.7 Å². The molecule has 0 radical (unpaired) electrons. The summed E-state index contributed by atoms with van der Waals surface area (Å²) in [5, 5.41) is 11.5. The Balaban J connectivity index is 2.39. The number of aliphatic carboxylic acids is 1. The van der Waals surface area contributed by atoms with Crippen LogP contribution in [-0.2, 0) is 14.4 Å². The van der Waals surface area contributed by atoms with Gasteiger partial charge in [0.05, 0.1) is 6.42 Å². The van der Waals surface area contributed by atoms with E-state index < -0.39 is 12.0 Å². The van der Waals surface area contributed by atoms with Crippen molar-refractivity contribution in [1.82, 2.24) is 10.2 Å². The van der Waals surface area contributed by atoms with Crippen LogP contribution in [0.15, 0.2) is 0 Å². The van der Waals surface area contributed by atoms with E-state index in [9.17, 15) is 14.4 Å². The highest BCUT2D eigenvalue weighted by Crippen LogP contribution is 2.13. The van der Waals surface area contributed by atoms with E-state index in [-0.39, 0.29) is 18.2 Å². The molecule has 0 bridgehead atoms. The molecule has 6 nitrogen and oxygen atoms in total. The first-order chi connectivity index (χ1) is 10.1. The number of nitrogens with zero attached hydrogens (tertiary/aromatic N) is 1. The summed E-state index contributed by atoms with van der Waals surface area (Å²) in [5.74, 6) is -1.53. The number of carboxylic acids is 1. The molecule has 0 aromatic heterocycles. The van der Waals surface area contributed by atoms with Gasteiger partial charge in [-0.05, 0) is 6.42 Å². The summed E-state index contributed by atoms with van der Waals surface area (Å²) in [6, 6.07) is -0.858. The molecule has 0 aromatic rings. The van der Waals surface area contributed by atoms with Gasteiger partial charge in [0.2, 0.25) is 11.8 Å². The molecule has 1 heterocycles. The summed E-state index contributed by atoms with van der Waals surface area (Å²) in [4.78, 5) is 36.2. The summed E-state index contributed by atoms with van der Waals surface area (Å²) in [5.41, 5.74) is 0. The van der Waals surface area contributed by atoms with E-state index in [4.69, 9.17) is 5.11 Å². The van der Waals surface area contributed by atoms with Gasteiger partial charge >= 0.3 is 5.97 Å². The number of amides is 2. The van der Waals surface area contributed by atoms with Gasteiger partial charge in [-0.25, -0.2) is 0 Å². The smallest absolute Gasteiger partial charge is 0.305 e. The zero-order chi connectivity index (χ0) is 15.7. The molecule has 1 unspecified atom stereocenters. The van der Waals surface area contributed by atoms with Gasteiger partial charge < -0.3 is 15.3 Å². The lowest BCUT2D eigenvalue weighted by Gasteiger charge is -2.34. The van der Waals surface area contributed by atoms with Crippen molar-refractivity contribution in [3.05, 3.63) is 0 Å². The van der Waals surface area contributed by atoms with Gasteiger partial charge in [-0.15, -0.1) is 0 Å². The molecule has 2 N–H and O–H groups in total. The SMILES string of the molecule is CCCCCCCCC(=O)N1CCNC(=O)C1CC(=O)O. The molecule has 0 aromatic carbocycles. The Morgan fingerprint density at radius 1 is 1.24 bits per heavy atom. The summed E-state index contributed by atoms with van der Waals surface area (Å²) in [6.45, 7) is 2.96. The highest BCUT2D eigenvalue weighted by molar-refractivity contribution is 5.91. The Morgan fingerprint density at radius 2 is 1.90 bits per heavy atom. The highest BCUT2D eigenvalue weighted by atomic mass is 16.4. The Bertz CT molecular complexity index is 371. The molecular weight excluding hydrogens is 272 g/mol. The number of nitrogens with one attached hydrogen (secondary N) is 1. The predicted octanol–water partition coefficient (Wildman–Crippen LogP) is 1.54. The average molecular weight is 298 g/mol. The van der Waals surface area contributed by atoms with Gasteiger partial charge in [-0.1, -0.05) is 39.0 Å². The molecule has 120 valence electrons. The van der Waals surface area contributed by atoms with Crippen LogP contribution in [0.3, 0.4) is 0 Å². The molecule has 1 fully saturated rings. The number of unbranched alkanes of at least 4 members (excludes halogenated alkanes) is 5. The summed E-state index contributed by atoms with van der Waals surface area (Å²) in [7, 11) is 0. The third-order valence-corrected chi connectivity index (χ3v) is 3.76. The second kappa shape index (κ2) is 9.37. The zero-order valence-electron chi connectivity index (χ0n) is 12.8. The lowest BCUT2D eigenvalue weighted by atomic mass is 10.1. The second-order valence-corrected chi connectivity index (χ2v) is 5.51. The molecule has 2 amide bonds. The molecule has 6 heteroatoms. The third-order valence-electron chi connectivity index (χ3n) is 3.76. The quantitative estimate of drug-likeness (QED) is 0.632. The van der Waals surface area contributed by atoms with Crippen molar-refractivity contribution in [3.8, 4) is 0 Å². The Kier molecular flexibility index (Phi) is 7.79. The van der Waals surface area contributed by atoms with Crippen LogP contribution in [0.4, 0.5) is 0 Å². The van der Waals surface area contributed by atoms with E-state index >= 15 is 0 Å². The van der Waals surface area contributed by atoms with Crippen LogP contribution in [-0.4, -0.2) is 46.9 Å². The number of hydrogen-bond acceptors (Lipinski definition) is 3. The lowest BCUT2D eigenvalue weighted by molar-refractivity contribution is -0.148. The van der Waals surface area contributed by atoms with Crippen molar-refractivity contribution in [2.24, 2.45) is 0 Å².